The van der Waals surface area contributed by atoms with Crippen LogP contribution in [0.2, 0.25) is 0 Å². The highest BCUT2D eigenvalue weighted by Gasteiger charge is 2.35. The van der Waals surface area contributed by atoms with E-state index in [0.717, 1.165) is 42.4 Å². The number of hydrogen-bond donors (Lipinski definition) is 1. The van der Waals surface area contributed by atoms with Gasteiger partial charge in [-0.25, -0.2) is 0 Å². The first-order valence-electron chi connectivity index (χ1n) is 12.6. The maximum absolute atomic E-state index is 13.8. The lowest BCUT2D eigenvalue weighted by atomic mass is 10.1. The first-order valence-corrected chi connectivity index (χ1v) is 12.6. The zero-order valence-corrected chi connectivity index (χ0v) is 20.8. The lowest BCUT2D eigenvalue weighted by molar-refractivity contribution is -0.143. The maximum atomic E-state index is 13.8. The van der Waals surface area contributed by atoms with Crippen LogP contribution in [0, 0.1) is 6.92 Å². The number of aromatic nitrogens is 4. The molecule has 2 aromatic heterocycles. The summed E-state index contributed by atoms with van der Waals surface area (Å²) in [6.07, 6.45) is 5.57. The Balaban J connectivity index is 1.42. The van der Waals surface area contributed by atoms with Gasteiger partial charge in [-0.1, -0.05) is 73.0 Å². The second kappa shape index (κ2) is 11.2. The molecule has 190 valence electrons. The molecule has 0 aliphatic heterocycles. The van der Waals surface area contributed by atoms with Gasteiger partial charge in [0.1, 0.15) is 12.3 Å². The Morgan fingerprint density at radius 3 is 2.51 bits per heavy atom. The van der Waals surface area contributed by atoms with Crippen molar-refractivity contribution in [2.75, 3.05) is 0 Å². The van der Waals surface area contributed by atoms with Crippen LogP contribution in [0.3, 0.4) is 0 Å². The van der Waals surface area contributed by atoms with Crippen LogP contribution >= 0.6 is 0 Å². The van der Waals surface area contributed by atoms with Gasteiger partial charge in [0, 0.05) is 18.2 Å². The molecule has 5 rings (SSSR count). The number of rotatable bonds is 9. The molecule has 0 saturated heterocycles. The topological polar surface area (TPSA) is 106 Å². The van der Waals surface area contributed by atoms with Crippen molar-refractivity contribution in [3.8, 4) is 11.4 Å². The van der Waals surface area contributed by atoms with Crippen molar-refractivity contribution in [3.63, 3.8) is 0 Å². The fourth-order valence-electron chi connectivity index (χ4n) is 4.67. The van der Waals surface area contributed by atoms with Crippen LogP contribution in [0.1, 0.15) is 48.6 Å². The number of hydrogen-bond acceptors (Lipinski definition) is 6. The Hall–Kier alpha value is -4.27. The summed E-state index contributed by atoms with van der Waals surface area (Å²) in [5, 5.41) is 15.8. The van der Waals surface area contributed by atoms with Gasteiger partial charge in [0.15, 0.2) is 6.04 Å². The quantitative estimate of drug-likeness (QED) is 0.373. The van der Waals surface area contributed by atoms with Crippen molar-refractivity contribution in [2.24, 2.45) is 0 Å². The smallest absolute Gasteiger partial charge is 0.250 e. The Bertz CT molecular complexity index is 1310. The zero-order chi connectivity index (χ0) is 25.6. The highest BCUT2D eigenvalue weighted by Crippen LogP contribution is 2.27. The third-order valence-electron chi connectivity index (χ3n) is 6.63. The SMILES string of the molecule is Cc1ccc(-c2nnn(CC(=O)N(Cc3ccccc3)[C@H](C(=O)NC3CCCC3)c3ccco3)n2)cc1. The van der Waals surface area contributed by atoms with E-state index in [1.807, 2.05) is 61.5 Å². The van der Waals surface area contributed by atoms with Crippen LogP contribution in [-0.2, 0) is 22.7 Å². The first kappa shape index (κ1) is 24.4. The van der Waals surface area contributed by atoms with E-state index in [-0.39, 0.29) is 30.9 Å². The highest BCUT2D eigenvalue weighted by molar-refractivity contribution is 5.88. The third-order valence-corrected chi connectivity index (χ3v) is 6.63. The van der Waals surface area contributed by atoms with E-state index in [0.29, 0.717) is 11.6 Å². The number of carbonyl (C=O) groups is 2. The Kier molecular flexibility index (Phi) is 7.39. The van der Waals surface area contributed by atoms with Gasteiger partial charge in [0.25, 0.3) is 5.91 Å². The van der Waals surface area contributed by atoms with Crippen molar-refractivity contribution in [3.05, 3.63) is 89.9 Å². The van der Waals surface area contributed by atoms with Gasteiger partial charge < -0.3 is 14.6 Å². The van der Waals surface area contributed by atoms with Crippen LogP contribution in [0.15, 0.2) is 77.4 Å². The van der Waals surface area contributed by atoms with E-state index in [9.17, 15) is 9.59 Å². The summed E-state index contributed by atoms with van der Waals surface area (Å²) in [7, 11) is 0. The summed E-state index contributed by atoms with van der Waals surface area (Å²) in [5.41, 5.74) is 2.84. The predicted molar refractivity (Wildman–Crippen MR) is 137 cm³/mol. The summed E-state index contributed by atoms with van der Waals surface area (Å²) in [6.45, 7) is 2.06. The van der Waals surface area contributed by atoms with Crippen LogP contribution in [-0.4, -0.2) is 43.0 Å². The summed E-state index contributed by atoms with van der Waals surface area (Å²) < 4.78 is 5.67. The molecular formula is C28H30N6O3. The van der Waals surface area contributed by atoms with E-state index in [1.165, 1.54) is 16.0 Å². The van der Waals surface area contributed by atoms with E-state index < -0.39 is 6.04 Å². The number of aryl methyl sites for hydroxylation is 1. The number of carbonyl (C=O) groups excluding carboxylic acids is 2. The molecule has 1 atom stereocenters. The molecule has 0 unspecified atom stereocenters. The summed E-state index contributed by atoms with van der Waals surface area (Å²) >= 11 is 0. The van der Waals surface area contributed by atoms with Crippen molar-refractivity contribution in [1.29, 1.82) is 0 Å². The molecule has 2 amide bonds. The van der Waals surface area contributed by atoms with Crippen molar-refractivity contribution in [1.82, 2.24) is 30.4 Å². The first-order chi connectivity index (χ1) is 18.1. The average molecular weight is 499 g/mol. The van der Waals surface area contributed by atoms with Crippen LogP contribution in [0.4, 0.5) is 0 Å². The minimum absolute atomic E-state index is 0.104. The van der Waals surface area contributed by atoms with Crippen LogP contribution < -0.4 is 5.32 Å². The predicted octanol–water partition coefficient (Wildman–Crippen LogP) is 4.07. The molecule has 9 nitrogen and oxygen atoms in total. The molecule has 0 radical (unpaired) electrons. The van der Waals surface area contributed by atoms with Gasteiger partial charge in [-0.05, 0) is 42.7 Å². The zero-order valence-electron chi connectivity index (χ0n) is 20.8. The minimum atomic E-state index is -0.927. The highest BCUT2D eigenvalue weighted by atomic mass is 16.3. The number of amides is 2. The lowest BCUT2D eigenvalue weighted by Crippen LogP contribution is -2.46. The third kappa shape index (κ3) is 5.94. The van der Waals surface area contributed by atoms with Crippen molar-refractivity contribution in [2.45, 2.75) is 57.8 Å². The van der Waals surface area contributed by atoms with Gasteiger partial charge in [-0.2, -0.15) is 4.80 Å². The van der Waals surface area contributed by atoms with Crippen LogP contribution in [0.25, 0.3) is 11.4 Å². The fourth-order valence-corrected chi connectivity index (χ4v) is 4.67. The Morgan fingerprint density at radius 2 is 1.81 bits per heavy atom. The molecule has 0 bridgehead atoms. The number of tetrazole rings is 1. The number of benzene rings is 2. The van der Waals surface area contributed by atoms with E-state index in [1.54, 1.807) is 12.1 Å². The van der Waals surface area contributed by atoms with E-state index in [4.69, 9.17) is 4.42 Å². The average Bonchev–Trinajstić information content (AvgIpc) is 3.69. The molecule has 1 saturated carbocycles. The summed E-state index contributed by atoms with van der Waals surface area (Å²) in [6, 6.07) is 20.0. The number of nitrogens with one attached hydrogen (secondary N) is 1. The molecule has 0 spiro atoms. The van der Waals surface area contributed by atoms with Gasteiger partial charge in [-0.15, -0.1) is 10.2 Å². The molecular weight excluding hydrogens is 468 g/mol. The van der Waals surface area contributed by atoms with Gasteiger partial charge in [-0.3, -0.25) is 9.59 Å². The maximum Gasteiger partial charge on any atom is 0.250 e. The molecule has 37 heavy (non-hydrogen) atoms. The normalized spacial score (nSPS) is 14.4. The molecule has 1 aliphatic rings. The van der Waals surface area contributed by atoms with Crippen molar-refractivity contribution < 1.29 is 14.0 Å². The molecule has 2 aromatic carbocycles. The number of furan rings is 1. The van der Waals surface area contributed by atoms with Crippen LogP contribution in [0.5, 0.6) is 0 Å². The fraction of sp³-hybridized carbons (Fsp3) is 0.321. The minimum Gasteiger partial charge on any atom is -0.467 e. The second-order valence-corrected chi connectivity index (χ2v) is 9.42. The number of nitrogens with zero attached hydrogens (tertiary/aromatic N) is 5. The second-order valence-electron chi connectivity index (χ2n) is 9.42. The van der Waals surface area contributed by atoms with Gasteiger partial charge >= 0.3 is 0 Å². The molecule has 1 N–H and O–H groups in total. The van der Waals surface area contributed by atoms with Gasteiger partial charge in [0.2, 0.25) is 11.7 Å². The summed E-state index contributed by atoms with van der Waals surface area (Å²) in [5.74, 6) is 0.272. The molecule has 4 aromatic rings. The monoisotopic (exact) mass is 498 g/mol. The van der Waals surface area contributed by atoms with Crippen molar-refractivity contribution >= 4 is 11.8 Å². The Labute approximate surface area is 215 Å². The largest absolute Gasteiger partial charge is 0.467 e. The van der Waals surface area contributed by atoms with E-state index >= 15 is 0 Å². The molecule has 1 fully saturated rings. The molecule has 2 heterocycles. The Morgan fingerprint density at radius 1 is 1.05 bits per heavy atom. The lowest BCUT2D eigenvalue weighted by Gasteiger charge is -2.30. The summed E-state index contributed by atoms with van der Waals surface area (Å²) in [4.78, 5) is 30.2. The molecule has 9 heteroatoms. The molecule has 1 aliphatic carbocycles. The van der Waals surface area contributed by atoms with Gasteiger partial charge in [0.05, 0.1) is 6.26 Å². The standard InChI is InChI=1S/C28H30N6O3/c1-20-13-15-22(16-14-20)27-30-32-34(31-27)19-25(35)33(18-21-8-3-2-4-9-21)26(24-12-7-17-37-24)28(36)29-23-10-5-6-11-23/h2-4,7-9,12-17,23,26H,5-6,10-11,18-19H2,1H3,(H,29,36)/t26-/m0/s1. The van der Waals surface area contributed by atoms with E-state index in [2.05, 4.69) is 20.7 Å².